The molecule has 0 unspecified atom stereocenters. The van der Waals surface area contributed by atoms with E-state index in [0.717, 1.165) is 18.3 Å². The fourth-order valence-corrected chi connectivity index (χ4v) is 2.02. The molecule has 5 heteroatoms. The zero-order chi connectivity index (χ0) is 13.0. The van der Waals surface area contributed by atoms with E-state index in [1.807, 2.05) is 6.07 Å². The lowest BCUT2D eigenvalue weighted by Gasteiger charge is -2.30. The molecule has 0 atom stereocenters. The van der Waals surface area contributed by atoms with Gasteiger partial charge < -0.3 is 10.2 Å². The van der Waals surface area contributed by atoms with Crippen molar-refractivity contribution in [2.45, 2.75) is 26.2 Å². The fraction of sp³-hybridized carbons (Fsp3) is 0.615. The molecule has 0 radical (unpaired) electrons. The van der Waals surface area contributed by atoms with Gasteiger partial charge in [-0.15, -0.1) is 0 Å². The summed E-state index contributed by atoms with van der Waals surface area (Å²) in [5.41, 5.74) is 0. The van der Waals surface area contributed by atoms with Crippen LogP contribution in [-0.4, -0.2) is 35.9 Å². The van der Waals surface area contributed by atoms with Gasteiger partial charge in [-0.25, -0.2) is 9.97 Å². The van der Waals surface area contributed by atoms with Crippen LogP contribution in [0.25, 0.3) is 0 Å². The average Bonchev–Trinajstić information content (AvgIpc) is 2.31. The van der Waals surface area contributed by atoms with E-state index < -0.39 is 0 Å². The molecule has 1 heterocycles. The van der Waals surface area contributed by atoms with E-state index in [2.05, 4.69) is 27.2 Å². The molecule has 1 aliphatic rings. The zero-order valence-corrected chi connectivity index (χ0v) is 11.0. The molecule has 0 aromatic carbocycles. The van der Waals surface area contributed by atoms with Crippen LogP contribution in [0.2, 0.25) is 0 Å². The topological polar surface area (TPSA) is 58.1 Å². The van der Waals surface area contributed by atoms with Gasteiger partial charge in [0.05, 0.1) is 6.54 Å². The van der Waals surface area contributed by atoms with Crippen LogP contribution < -0.4 is 10.2 Å². The minimum Gasteiger partial charge on any atom is -0.363 e. The molecule has 2 rings (SSSR count). The molecule has 1 aromatic heterocycles. The maximum Gasteiger partial charge on any atom is 0.148 e. The third-order valence-electron chi connectivity index (χ3n) is 3.32. The van der Waals surface area contributed by atoms with Gasteiger partial charge in [0.25, 0.3) is 0 Å². The van der Waals surface area contributed by atoms with Crippen molar-refractivity contribution in [3.05, 3.63) is 12.4 Å². The van der Waals surface area contributed by atoms with Crippen molar-refractivity contribution in [1.29, 1.82) is 0 Å². The lowest BCUT2D eigenvalue weighted by molar-refractivity contribution is -0.115. The molecule has 1 saturated carbocycles. The maximum atomic E-state index is 10.9. The Kier molecular flexibility index (Phi) is 4.12. The van der Waals surface area contributed by atoms with Crippen LogP contribution in [0.1, 0.15) is 26.2 Å². The first kappa shape index (κ1) is 12.8. The molecule has 0 spiro atoms. The minimum atomic E-state index is 0.0954. The Hall–Kier alpha value is -1.65. The number of anilines is 2. The van der Waals surface area contributed by atoms with Gasteiger partial charge in [-0.2, -0.15) is 0 Å². The standard InChI is InChI=1S/C13H20N4O/c1-10(18)7-14-12-6-13(16-9-15-12)17(2)8-11-4-3-5-11/h6,9,11H,3-5,7-8H2,1-2H3,(H,14,15,16). The van der Waals surface area contributed by atoms with E-state index in [4.69, 9.17) is 0 Å². The Labute approximate surface area is 108 Å². The highest BCUT2D eigenvalue weighted by molar-refractivity contribution is 5.80. The van der Waals surface area contributed by atoms with Crippen LogP contribution >= 0.6 is 0 Å². The summed E-state index contributed by atoms with van der Waals surface area (Å²) >= 11 is 0. The van der Waals surface area contributed by atoms with E-state index in [1.165, 1.54) is 25.6 Å². The normalized spacial score (nSPS) is 15.0. The molecule has 18 heavy (non-hydrogen) atoms. The van der Waals surface area contributed by atoms with Gasteiger partial charge in [-0.05, 0) is 25.7 Å². The summed E-state index contributed by atoms with van der Waals surface area (Å²) in [5, 5.41) is 2.99. The first-order valence-corrected chi connectivity index (χ1v) is 6.41. The molecular weight excluding hydrogens is 228 g/mol. The molecule has 1 fully saturated rings. The SMILES string of the molecule is CC(=O)CNc1cc(N(C)CC2CCC2)ncn1. The number of carbonyl (C=O) groups excluding carboxylic acids is 1. The van der Waals surface area contributed by atoms with Crippen LogP contribution in [0.5, 0.6) is 0 Å². The van der Waals surface area contributed by atoms with Crippen molar-refractivity contribution >= 4 is 17.4 Å². The highest BCUT2D eigenvalue weighted by Gasteiger charge is 2.19. The zero-order valence-electron chi connectivity index (χ0n) is 11.0. The third-order valence-corrected chi connectivity index (χ3v) is 3.32. The number of nitrogens with one attached hydrogen (secondary N) is 1. The number of Topliss-reactive ketones (excluding diaryl/α,β-unsaturated/α-hetero) is 1. The van der Waals surface area contributed by atoms with Crippen LogP contribution in [0, 0.1) is 5.92 Å². The fourth-order valence-electron chi connectivity index (χ4n) is 2.02. The highest BCUT2D eigenvalue weighted by atomic mass is 16.1. The van der Waals surface area contributed by atoms with Gasteiger partial charge >= 0.3 is 0 Å². The molecule has 0 amide bonds. The molecule has 0 saturated heterocycles. The van der Waals surface area contributed by atoms with E-state index in [9.17, 15) is 4.79 Å². The number of hydrogen-bond acceptors (Lipinski definition) is 5. The Morgan fingerprint density at radius 2 is 2.28 bits per heavy atom. The van der Waals surface area contributed by atoms with Crippen LogP contribution in [0.3, 0.4) is 0 Å². The van der Waals surface area contributed by atoms with Gasteiger partial charge in [0, 0.05) is 19.7 Å². The Bertz CT molecular complexity index is 417. The van der Waals surface area contributed by atoms with Crippen molar-refractivity contribution in [1.82, 2.24) is 9.97 Å². The van der Waals surface area contributed by atoms with E-state index in [-0.39, 0.29) is 5.78 Å². The highest BCUT2D eigenvalue weighted by Crippen LogP contribution is 2.28. The summed E-state index contributed by atoms with van der Waals surface area (Å²) in [7, 11) is 2.05. The number of ketones is 1. The largest absolute Gasteiger partial charge is 0.363 e. The van der Waals surface area contributed by atoms with Gasteiger partial charge in [0.15, 0.2) is 0 Å². The predicted octanol–water partition coefficient (Wildman–Crippen LogP) is 1.71. The van der Waals surface area contributed by atoms with Crippen LogP contribution in [0.15, 0.2) is 12.4 Å². The second-order valence-electron chi connectivity index (χ2n) is 4.99. The monoisotopic (exact) mass is 248 g/mol. The maximum absolute atomic E-state index is 10.9. The van der Waals surface area contributed by atoms with Crippen molar-refractivity contribution in [3.8, 4) is 0 Å². The quantitative estimate of drug-likeness (QED) is 0.830. The van der Waals surface area contributed by atoms with Crippen molar-refractivity contribution < 1.29 is 4.79 Å². The van der Waals surface area contributed by atoms with Crippen LogP contribution in [0.4, 0.5) is 11.6 Å². The van der Waals surface area contributed by atoms with Gasteiger partial charge in [0.1, 0.15) is 23.7 Å². The summed E-state index contributed by atoms with van der Waals surface area (Å²) in [6.45, 7) is 2.91. The second kappa shape index (κ2) is 5.80. The van der Waals surface area contributed by atoms with E-state index in [0.29, 0.717) is 12.4 Å². The molecule has 0 aliphatic heterocycles. The second-order valence-corrected chi connectivity index (χ2v) is 4.99. The Morgan fingerprint density at radius 1 is 1.50 bits per heavy atom. The lowest BCUT2D eigenvalue weighted by atomic mass is 9.85. The summed E-state index contributed by atoms with van der Waals surface area (Å²) in [6.07, 6.45) is 5.54. The van der Waals surface area contributed by atoms with Gasteiger partial charge in [-0.1, -0.05) is 6.42 Å². The summed E-state index contributed by atoms with van der Waals surface area (Å²) in [4.78, 5) is 21.4. The number of hydrogen-bond donors (Lipinski definition) is 1. The summed E-state index contributed by atoms with van der Waals surface area (Å²) < 4.78 is 0. The molecule has 5 nitrogen and oxygen atoms in total. The first-order valence-electron chi connectivity index (χ1n) is 6.41. The molecular formula is C13H20N4O. The summed E-state index contributed by atoms with van der Waals surface area (Å²) in [6, 6.07) is 1.89. The molecule has 0 bridgehead atoms. The van der Waals surface area contributed by atoms with Gasteiger partial charge in [0.2, 0.25) is 0 Å². The predicted molar refractivity (Wildman–Crippen MR) is 71.8 cm³/mol. The molecule has 1 aliphatic carbocycles. The minimum absolute atomic E-state index is 0.0954. The van der Waals surface area contributed by atoms with Crippen molar-refractivity contribution in [2.75, 3.05) is 30.4 Å². The Balaban J connectivity index is 1.94. The van der Waals surface area contributed by atoms with Gasteiger partial charge in [-0.3, -0.25) is 4.79 Å². The number of carbonyl (C=O) groups is 1. The Morgan fingerprint density at radius 3 is 2.89 bits per heavy atom. The van der Waals surface area contributed by atoms with Crippen molar-refractivity contribution in [2.24, 2.45) is 5.92 Å². The van der Waals surface area contributed by atoms with E-state index in [1.54, 1.807) is 6.92 Å². The van der Waals surface area contributed by atoms with E-state index >= 15 is 0 Å². The molecule has 1 aromatic rings. The lowest BCUT2D eigenvalue weighted by Crippen LogP contribution is -2.29. The average molecular weight is 248 g/mol. The number of rotatable bonds is 6. The smallest absolute Gasteiger partial charge is 0.148 e. The van der Waals surface area contributed by atoms with Crippen LogP contribution in [-0.2, 0) is 4.79 Å². The van der Waals surface area contributed by atoms with Crippen molar-refractivity contribution in [3.63, 3.8) is 0 Å². The number of aromatic nitrogens is 2. The summed E-state index contributed by atoms with van der Waals surface area (Å²) in [5.74, 6) is 2.51. The number of nitrogens with zero attached hydrogens (tertiary/aromatic N) is 3. The third kappa shape index (κ3) is 3.42. The molecule has 98 valence electrons. The molecule has 1 N–H and O–H groups in total. The first-order chi connectivity index (χ1) is 8.65.